The first kappa shape index (κ1) is 24.8. The summed E-state index contributed by atoms with van der Waals surface area (Å²) in [5.41, 5.74) is 7.71. The van der Waals surface area contributed by atoms with E-state index in [-0.39, 0.29) is 5.31 Å². The second-order valence-electron chi connectivity index (χ2n) is 9.00. The van der Waals surface area contributed by atoms with Crippen molar-refractivity contribution in [1.29, 1.82) is 0 Å². The number of rotatable bonds is 10. The Balaban J connectivity index is 2.10. The Bertz CT molecular complexity index is 931. The van der Waals surface area contributed by atoms with Crippen LogP contribution in [0.4, 0.5) is 17.1 Å². The Labute approximate surface area is 202 Å². The first-order chi connectivity index (χ1) is 15.9. The molecule has 0 unspecified atom stereocenters. The molecule has 0 heterocycles. The summed E-state index contributed by atoms with van der Waals surface area (Å²) in [6.07, 6.45) is 0. The van der Waals surface area contributed by atoms with E-state index in [2.05, 4.69) is 137 Å². The maximum Gasteiger partial charge on any atom is 0.126 e. The molecule has 174 valence electrons. The molecule has 0 aliphatic carbocycles. The van der Waals surface area contributed by atoms with Crippen molar-refractivity contribution in [3.8, 4) is 0 Å². The van der Waals surface area contributed by atoms with Crippen LogP contribution in [0.5, 0.6) is 0 Å². The van der Waals surface area contributed by atoms with Gasteiger partial charge in [0.1, 0.15) is 7.85 Å². The number of benzene rings is 3. The molecule has 0 fully saturated rings. The lowest BCUT2D eigenvalue weighted by Gasteiger charge is -2.34. The van der Waals surface area contributed by atoms with Gasteiger partial charge in [0.2, 0.25) is 0 Å². The van der Waals surface area contributed by atoms with E-state index in [1.165, 1.54) is 33.8 Å². The van der Waals surface area contributed by atoms with Crippen LogP contribution in [-0.2, 0) is 5.31 Å². The smallest absolute Gasteiger partial charge is 0.126 e. The molecule has 0 aliphatic heterocycles. The largest absolute Gasteiger partial charge is 0.378 e. The zero-order chi connectivity index (χ0) is 24.0. The summed E-state index contributed by atoms with van der Waals surface area (Å²) < 4.78 is 0. The summed E-state index contributed by atoms with van der Waals surface area (Å²) in [5.74, 6) is 0. The molecule has 0 N–H and O–H groups in total. The summed E-state index contributed by atoms with van der Waals surface area (Å²) in [6.45, 7) is 12.9. The van der Waals surface area contributed by atoms with Gasteiger partial charge >= 0.3 is 0 Å². The lowest BCUT2D eigenvalue weighted by atomic mass is 9.56. The molecule has 0 bridgehead atoms. The van der Waals surface area contributed by atoms with E-state index in [9.17, 15) is 0 Å². The monoisotopic (exact) mass is 441 g/mol. The minimum atomic E-state index is -0.242. The highest BCUT2D eigenvalue weighted by atomic mass is 15.1. The van der Waals surface area contributed by atoms with Crippen LogP contribution >= 0.6 is 0 Å². The van der Waals surface area contributed by atoms with Crippen LogP contribution in [0.2, 0.25) is 0 Å². The molecular weight excluding hydrogens is 401 g/mol. The molecule has 0 atom stereocenters. The normalized spacial score (nSPS) is 11.3. The maximum atomic E-state index is 2.39. The topological polar surface area (TPSA) is 9.72 Å². The van der Waals surface area contributed by atoms with Gasteiger partial charge in [0.25, 0.3) is 0 Å². The molecule has 0 aromatic heterocycles. The number of nitrogens with zero attached hydrogens (tertiary/aromatic N) is 3. The Morgan fingerprint density at radius 2 is 0.788 bits per heavy atom. The molecule has 0 amide bonds. The maximum absolute atomic E-state index is 2.39. The molecule has 4 heteroatoms. The highest BCUT2D eigenvalue weighted by Gasteiger charge is 2.31. The highest BCUT2D eigenvalue weighted by Crippen LogP contribution is 2.38. The molecule has 3 aromatic rings. The van der Waals surface area contributed by atoms with Crippen molar-refractivity contribution < 1.29 is 0 Å². The number of anilines is 3. The Kier molecular flexibility index (Phi) is 8.13. The van der Waals surface area contributed by atoms with Gasteiger partial charge in [-0.05, 0) is 80.8 Å². The molecule has 3 aromatic carbocycles. The van der Waals surface area contributed by atoms with Crippen LogP contribution in [0.15, 0.2) is 72.8 Å². The van der Waals surface area contributed by atoms with E-state index in [4.69, 9.17) is 0 Å². The Morgan fingerprint density at radius 1 is 0.515 bits per heavy atom. The molecule has 3 rings (SSSR count). The Hall–Kier alpha value is -2.88. The quantitative estimate of drug-likeness (QED) is 0.309. The summed E-state index contributed by atoms with van der Waals surface area (Å²) >= 11 is 0. The van der Waals surface area contributed by atoms with E-state index in [0.29, 0.717) is 0 Å². The predicted octanol–water partition coefficient (Wildman–Crippen LogP) is 5.37. The summed E-state index contributed by atoms with van der Waals surface area (Å²) in [7, 11) is 6.54. The molecule has 3 nitrogen and oxygen atoms in total. The van der Waals surface area contributed by atoms with Crippen LogP contribution in [0.3, 0.4) is 0 Å². The van der Waals surface area contributed by atoms with Crippen molar-refractivity contribution in [2.75, 3.05) is 55.0 Å². The van der Waals surface area contributed by atoms with Crippen molar-refractivity contribution in [1.82, 2.24) is 0 Å². The molecule has 33 heavy (non-hydrogen) atoms. The van der Waals surface area contributed by atoms with Gasteiger partial charge in [0, 0.05) is 62.7 Å². The van der Waals surface area contributed by atoms with Crippen LogP contribution in [0.25, 0.3) is 0 Å². The zero-order valence-corrected chi connectivity index (χ0v) is 21.6. The lowest BCUT2D eigenvalue weighted by molar-refractivity contribution is 0.850. The molecule has 0 saturated carbocycles. The number of hydrogen-bond donors (Lipinski definition) is 0. The SMILES string of the molecule is BC(c1ccc(N(C)C)cc1)(c1ccc(N(CC)CC)cc1)c1ccc(N(CC)CC)cc1. The average Bonchev–Trinajstić information content (AvgIpc) is 2.86. The van der Waals surface area contributed by atoms with Gasteiger partial charge in [-0.25, -0.2) is 0 Å². The van der Waals surface area contributed by atoms with Crippen molar-refractivity contribution in [2.24, 2.45) is 0 Å². The fraction of sp³-hybridized carbons (Fsp3) is 0.379. The van der Waals surface area contributed by atoms with Gasteiger partial charge < -0.3 is 14.7 Å². The molecule has 0 spiro atoms. The van der Waals surface area contributed by atoms with Crippen molar-refractivity contribution >= 4 is 24.9 Å². The van der Waals surface area contributed by atoms with E-state index < -0.39 is 0 Å². The van der Waals surface area contributed by atoms with Crippen molar-refractivity contribution in [2.45, 2.75) is 33.0 Å². The molecule has 0 aliphatic rings. The molecule has 0 radical (unpaired) electrons. The summed E-state index contributed by atoms with van der Waals surface area (Å²) in [5, 5.41) is -0.242. The minimum absolute atomic E-state index is 0.242. The lowest BCUT2D eigenvalue weighted by Crippen LogP contribution is -2.30. The second kappa shape index (κ2) is 10.8. The summed E-state index contributed by atoms with van der Waals surface area (Å²) in [4.78, 5) is 6.94. The molecular formula is C29H40BN3. The van der Waals surface area contributed by atoms with Crippen LogP contribution in [0.1, 0.15) is 44.4 Å². The van der Waals surface area contributed by atoms with Crippen molar-refractivity contribution in [3.63, 3.8) is 0 Å². The van der Waals surface area contributed by atoms with Crippen LogP contribution in [0, 0.1) is 0 Å². The fourth-order valence-corrected chi connectivity index (χ4v) is 4.78. The van der Waals surface area contributed by atoms with Gasteiger partial charge in [-0.15, -0.1) is 0 Å². The standard InChI is InChI=1S/C29H40BN3/c1-7-32(8-2)27-19-13-24(14-20-27)29(30,23-11-17-26(18-12-23)31(5)6)25-15-21-28(22-16-25)33(9-3)10-4/h11-22H,7-10,30H2,1-6H3. The van der Waals surface area contributed by atoms with E-state index in [1.807, 2.05) is 0 Å². The third-order valence-electron chi connectivity index (χ3n) is 7.11. The van der Waals surface area contributed by atoms with E-state index >= 15 is 0 Å². The van der Waals surface area contributed by atoms with Crippen LogP contribution in [-0.4, -0.2) is 48.1 Å². The first-order valence-corrected chi connectivity index (χ1v) is 12.4. The fourth-order valence-electron chi connectivity index (χ4n) is 4.78. The van der Waals surface area contributed by atoms with Gasteiger partial charge in [-0.1, -0.05) is 36.4 Å². The zero-order valence-electron chi connectivity index (χ0n) is 21.6. The van der Waals surface area contributed by atoms with Gasteiger partial charge in [-0.2, -0.15) is 0 Å². The average molecular weight is 441 g/mol. The number of hydrogen-bond acceptors (Lipinski definition) is 3. The second-order valence-corrected chi connectivity index (χ2v) is 9.00. The molecule has 0 saturated heterocycles. The van der Waals surface area contributed by atoms with Gasteiger partial charge in [0.05, 0.1) is 0 Å². The predicted molar refractivity (Wildman–Crippen MR) is 149 cm³/mol. The highest BCUT2D eigenvalue weighted by molar-refractivity contribution is 6.20. The van der Waals surface area contributed by atoms with Gasteiger partial charge in [-0.3, -0.25) is 0 Å². The van der Waals surface area contributed by atoms with E-state index in [0.717, 1.165) is 26.2 Å². The first-order valence-electron chi connectivity index (χ1n) is 12.4. The third kappa shape index (κ3) is 5.05. The van der Waals surface area contributed by atoms with E-state index in [1.54, 1.807) is 0 Å². The summed E-state index contributed by atoms with van der Waals surface area (Å²) in [6, 6.07) is 27.4. The van der Waals surface area contributed by atoms with Crippen molar-refractivity contribution in [3.05, 3.63) is 89.5 Å². The third-order valence-corrected chi connectivity index (χ3v) is 7.11. The minimum Gasteiger partial charge on any atom is -0.378 e. The van der Waals surface area contributed by atoms with Crippen LogP contribution < -0.4 is 14.7 Å². The van der Waals surface area contributed by atoms with Gasteiger partial charge in [0.15, 0.2) is 0 Å². The Morgan fingerprint density at radius 3 is 1.03 bits per heavy atom.